The number of nitrogens with one attached hydrogen (secondary N) is 2. The van der Waals surface area contributed by atoms with E-state index in [9.17, 15) is 33.9 Å². The van der Waals surface area contributed by atoms with Crippen molar-refractivity contribution in [1.82, 2.24) is 15.5 Å². The van der Waals surface area contributed by atoms with Crippen molar-refractivity contribution in [2.45, 2.75) is 77.9 Å². The minimum absolute atomic E-state index is 0.0449. The van der Waals surface area contributed by atoms with Gasteiger partial charge in [-0.1, -0.05) is 44.5 Å². The Bertz CT molecular complexity index is 1100. The minimum Gasteiger partial charge on any atom is -0.392 e. The Morgan fingerprint density at radius 1 is 0.927 bits per heavy atom. The number of nitrogens with two attached hydrogens (primary N) is 1. The number of Topliss-reactive ketones (excluding diaryl/α,β-unsaturated/α-hetero) is 2. The summed E-state index contributed by atoms with van der Waals surface area (Å²) in [7, 11) is 0. The fraction of sp³-hybridized carbons (Fsp3) is 0.533. The van der Waals surface area contributed by atoms with Crippen molar-refractivity contribution in [2.75, 3.05) is 13.1 Å². The summed E-state index contributed by atoms with van der Waals surface area (Å²) in [4.78, 5) is 74.6. The molecule has 1 aliphatic heterocycles. The van der Waals surface area contributed by atoms with Crippen molar-refractivity contribution in [2.24, 2.45) is 17.6 Å². The maximum Gasteiger partial charge on any atom is 0.312 e. The van der Waals surface area contributed by atoms with Gasteiger partial charge in [0.15, 0.2) is 5.78 Å². The van der Waals surface area contributed by atoms with Crippen LogP contribution in [-0.4, -0.2) is 64.5 Å². The Balaban J connectivity index is 1.92. The van der Waals surface area contributed by atoms with E-state index < -0.39 is 18.0 Å². The SMILES string of the molecule is CC(C)C(CC(=O)CCCCCN1C(=O)C=CC1=O)C(=O)NC(CCCNC(N)=O)C(=O)Cc1ccc(CO)cc1. The molecule has 1 aromatic rings. The number of amides is 5. The third-order valence-corrected chi connectivity index (χ3v) is 7.08. The molecule has 0 saturated carbocycles. The molecule has 1 aliphatic rings. The Hall–Kier alpha value is -3.86. The molecule has 11 nitrogen and oxygen atoms in total. The minimum atomic E-state index is -0.809. The lowest BCUT2D eigenvalue weighted by Gasteiger charge is -2.24. The van der Waals surface area contributed by atoms with Crippen LogP contribution in [0.15, 0.2) is 36.4 Å². The fourth-order valence-electron chi connectivity index (χ4n) is 4.60. The maximum atomic E-state index is 13.3. The molecule has 11 heteroatoms. The molecule has 2 rings (SSSR count). The normalized spacial score (nSPS) is 14.3. The van der Waals surface area contributed by atoms with E-state index in [4.69, 9.17) is 5.73 Å². The molecule has 224 valence electrons. The lowest BCUT2D eigenvalue weighted by molar-refractivity contribution is -0.137. The van der Waals surface area contributed by atoms with E-state index in [1.165, 1.54) is 17.1 Å². The van der Waals surface area contributed by atoms with Crippen LogP contribution < -0.4 is 16.4 Å². The van der Waals surface area contributed by atoms with Crippen LogP contribution in [0.4, 0.5) is 4.79 Å². The molecular formula is C30H42N4O7. The molecule has 0 aliphatic carbocycles. The summed E-state index contributed by atoms with van der Waals surface area (Å²) in [5.41, 5.74) is 6.58. The zero-order valence-corrected chi connectivity index (χ0v) is 23.9. The molecule has 0 aromatic heterocycles. The molecule has 1 aromatic carbocycles. The Morgan fingerprint density at radius 3 is 2.15 bits per heavy atom. The molecule has 0 bridgehead atoms. The molecule has 5 N–H and O–H groups in total. The molecule has 5 amide bonds. The molecule has 0 saturated heterocycles. The molecule has 2 unspecified atom stereocenters. The molecule has 1 heterocycles. The second-order valence-electron chi connectivity index (χ2n) is 10.7. The van der Waals surface area contributed by atoms with Crippen LogP contribution in [0.1, 0.15) is 69.9 Å². The van der Waals surface area contributed by atoms with E-state index in [-0.39, 0.29) is 74.0 Å². The summed E-state index contributed by atoms with van der Waals surface area (Å²) in [6.07, 6.45) is 5.44. The van der Waals surface area contributed by atoms with E-state index in [1.807, 2.05) is 13.8 Å². The van der Waals surface area contributed by atoms with Crippen LogP contribution in [0, 0.1) is 11.8 Å². The Labute approximate surface area is 240 Å². The standard InChI is InChI=1S/C30H42N4O7/c1-20(2)24(18-23(36)7-4-3-5-16-34-27(38)13-14-28(34)39)29(40)33-25(8-6-15-32-30(31)41)26(37)17-21-9-11-22(19-35)12-10-21/h9-14,20,24-25,35H,3-8,15-19H2,1-2H3,(H,33,40)(H3,31,32,41). The van der Waals surface area contributed by atoms with Crippen molar-refractivity contribution in [3.63, 3.8) is 0 Å². The quantitative estimate of drug-likeness (QED) is 0.145. The number of aliphatic hydroxyl groups excluding tert-OH is 1. The van der Waals surface area contributed by atoms with Crippen LogP contribution in [0.2, 0.25) is 0 Å². The zero-order valence-electron chi connectivity index (χ0n) is 23.9. The highest BCUT2D eigenvalue weighted by Crippen LogP contribution is 2.19. The zero-order chi connectivity index (χ0) is 30.4. The fourth-order valence-corrected chi connectivity index (χ4v) is 4.60. The summed E-state index contributed by atoms with van der Waals surface area (Å²) >= 11 is 0. The Morgan fingerprint density at radius 2 is 1.56 bits per heavy atom. The molecule has 0 spiro atoms. The number of benzene rings is 1. The van der Waals surface area contributed by atoms with Crippen LogP contribution >= 0.6 is 0 Å². The lowest BCUT2D eigenvalue weighted by atomic mass is 9.88. The number of ketones is 2. The topological polar surface area (TPSA) is 176 Å². The van der Waals surface area contributed by atoms with Gasteiger partial charge in [0.05, 0.1) is 12.6 Å². The summed E-state index contributed by atoms with van der Waals surface area (Å²) < 4.78 is 0. The third-order valence-electron chi connectivity index (χ3n) is 7.08. The van der Waals surface area contributed by atoms with Crippen LogP contribution in [0.5, 0.6) is 0 Å². The Kier molecular flexibility index (Phi) is 13.9. The van der Waals surface area contributed by atoms with E-state index in [2.05, 4.69) is 10.6 Å². The first kappa shape index (κ1) is 33.3. The maximum absolute atomic E-state index is 13.3. The smallest absolute Gasteiger partial charge is 0.312 e. The van der Waals surface area contributed by atoms with Crippen molar-refractivity contribution in [3.8, 4) is 0 Å². The third kappa shape index (κ3) is 11.6. The van der Waals surface area contributed by atoms with Gasteiger partial charge in [-0.05, 0) is 42.7 Å². The van der Waals surface area contributed by atoms with Gasteiger partial charge >= 0.3 is 6.03 Å². The highest BCUT2D eigenvalue weighted by atomic mass is 16.3. The van der Waals surface area contributed by atoms with Gasteiger partial charge in [-0.15, -0.1) is 0 Å². The number of carbonyl (C=O) groups excluding carboxylic acids is 6. The van der Waals surface area contributed by atoms with Gasteiger partial charge in [0.1, 0.15) is 5.78 Å². The number of aliphatic hydroxyl groups is 1. The van der Waals surface area contributed by atoms with Gasteiger partial charge in [0.25, 0.3) is 11.8 Å². The van der Waals surface area contributed by atoms with Gasteiger partial charge in [0, 0.05) is 50.4 Å². The van der Waals surface area contributed by atoms with Crippen molar-refractivity contribution in [1.29, 1.82) is 0 Å². The highest BCUT2D eigenvalue weighted by Gasteiger charge is 2.29. The average molecular weight is 571 g/mol. The first-order valence-electron chi connectivity index (χ1n) is 14.1. The van der Waals surface area contributed by atoms with Crippen molar-refractivity contribution >= 4 is 35.3 Å². The van der Waals surface area contributed by atoms with Crippen LogP contribution in [-0.2, 0) is 37.0 Å². The lowest BCUT2D eigenvalue weighted by Crippen LogP contribution is -2.46. The van der Waals surface area contributed by atoms with E-state index in [0.29, 0.717) is 32.2 Å². The number of hydrogen-bond acceptors (Lipinski definition) is 7. The monoisotopic (exact) mass is 570 g/mol. The van der Waals surface area contributed by atoms with Crippen molar-refractivity contribution in [3.05, 3.63) is 47.5 Å². The van der Waals surface area contributed by atoms with Gasteiger partial charge in [0.2, 0.25) is 5.91 Å². The van der Waals surface area contributed by atoms with Crippen LogP contribution in [0.25, 0.3) is 0 Å². The predicted molar refractivity (Wildman–Crippen MR) is 152 cm³/mol. The van der Waals surface area contributed by atoms with Crippen molar-refractivity contribution < 1.29 is 33.9 Å². The van der Waals surface area contributed by atoms with Crippen LogP contribution in [0.3, 0.4) is 0 Å². The largest absolute Gasteiger partial charge is 0.392 e. The first-order valence-corrected chi connectivity index (χ1v) is 14.1. The number of primary amides is 1. The first-order chi connectivity index (χ1) is 19.5. The van der Waals surface area contributed by atoms with Gasteiger partial charge in [-0.25, -0.2) is 4.79 Å². The number of carbonyl (C=O) groups is 6. The molecule has 41 heavy (non-hydrogen) atoms. The second-order valence-corrected chi connectivity index (χ2v) is 10.7. The highest BCUT2D eigenvalue weighted by molar-refractivity contribution is 6.12. The van der Waals surface area contributed by atoms with E-state index >= 15 is 0 Å². The summed E-state index contributed by atoms with van der Waals surface area (Å²) in [5, 5.41) is 14.6. The second kappa shape index (κ2) is 17.1. The average Bonchev–Trinajstić information content (AvgIpc) is 3.25. The van der Waals surface area contributed by atoms with Gasteiger partial charge in [-0.3, -0.25) is 28.9 Å². The van der Waals surface area contributed by atoms with Gasteiger partial charge in [-0.2, -0.15) is 0 Å². The molecule has 2 atom stereocenters. The summed E-state index contributed by atoms with van der Waals surface area (Å²) in [6, 6.07) is 5.49. The summed E-state index contributed by atoms with van der Waals surface area (Å²) in [5.74, 6) is -2.04. The van der Waals surface area contributed by atoms with E-state index in [0.717, 1.165) is 11.1 Å². The number of urea groups is 1. The molecule has 0 radical (unpaired) electrons. The number of imide groups is 1. The number of nitrogens with zero attached hydrogens (tertiary/aromatic N) is 1. The number of rotatable bonds is 19. The van der Waals surface area contributed by atoms with E-state index in [1.54, 1.807) is 24.3 Å². The number of hydrogen-bond donors (Lipinski definition) is 4. The number of unbranched alkanes of at least 4 members (excludes halogenated alkanes) is 2. The summed E-state index contributed by atoms with van der Waals surface area (Å²) in [6.45, 7) is 4.17. The van der Waals surface area contributed by atoms with Gasteiger partial charge < -0.3 is 21.5 Å². The predicted octanol–water partition coefficient (Wildman–Crippen LogP) is 1.94. The molecule has 0 fully saturated rings. The molecular weight excluding hydrogens is 528 g/mol.